The molecule has 2 rings (SSSR count). The average molecular weight is 284 g/mol. The molecule has 0 saturated heterocycles. The van der Waals surface area contributed by atoms with Gasteiger partial charge in [0.2, 0.25) is 11.8 Å². The molecule has 2 heterocycles. The molecule has 0 fully saturated rings. The molecule has 2 N–H and O–H groups in total. The Morgan fingerprint density at radius 2 is 1.62 bits per heavy atom. The summed E-state index contributed by atoms with van der Waals surface area (Å²) >= 11 is 0. The van der Waals surface area contributed by atoms with Gasteiger partial charge in [0, 0.05) is 25.1 Å². The van der Waals surface area contributed by atoms with E-state index in [-0.39, 0.29) is 18.2 Å². The Hall–Kier alpha value is -2.76. The van der Waals surface area contributed by atoms with Crippen molar-refractivity contribution in [3.05, 3.63) is 60.2 Å². The zero-order valence-electron chi connectivity index (χ0n) is 11.5. The van der Waals surface area contributed by atoms with E-state index >= 15 is 0 Å². The van der Waals surface area contributed by atoms with Crippen molar-refractivity contribution in [1.82, 2.24) is 20.6 Å². The predicted molar refractivity (Wildman–Crippen MR) is 76.8 cm³/mol. The predicted octanol–water partition coefficient (Wildman–Crippen LogP) is 0.799. The topological polar surface area (TPSA) is 84.0 Å². The lowest BCUT2D eigenvalue weighted by Crippen LogP contribution is -2.31. The first-order valence-corrected chi connectivity index (χ1v) is 6.56. The monoisotopic (exact) mass is 284 g/mol. The van der Waals surface area contributed by atoms with Crippen LogP contribution in [-0.2, 0) is 22.7 Å². The fraction of sp³-hybridized carbons (Fsp3) is 0.200. The molecule has 0 atom stereocenters. The molecule has 2 amide bonds. The van der Waals surface area contributed by atoms with Gasteiger partial charge in [-0.05, 0) is 29.8 Å². The maximum absolute atomic E-state index is 11.6. The second kappa shape index (κ2) is 7.74. The molecule has 6 nitrogen and oxygen atoms in total. The summed E-state index contributed by atoms with van der Waals surface area (Å²) in [7, 11) is 0. The fourth-order valence-corrected chi connectivity index (χ4v) is 1.66. The highest BCUT2D eigenvalue weighted by molar-refractivity contribution is 5.96. The van der Waals surface area contributed by atoms with Gasteiger partial charge in [0.05, 0.1) is 12.2 Å². The summed E-state index contributed by atoms with van der Waals surface area (Å²) in [4.78, 5) is 31.2. The lowest BCUT2D eigenvalue weighted by molar-refractivity contribution is -0.129. The van der Waals surface area contributed by atoms with Crippen molar-refractivity contribution >= 4 is 11.8 Å². The van der Waals surface area contributed by atoms with E-state index in [1.54, 1.807) is 36.8 Å². The Morgan fingerprint density at radius 1 is 0.905 bits per heavy atom. The van der Waals surface area contributed by atoms with Crippen LogP contribution < -0.4 is 10.6 Å². The van der Waals surface area contributed by atoms with Crippen LogP contribution in [0.2, 0.25) is 0 Å². The second-order valence-corrected chi connectivity index (χ2v) is 4.41. The Balaban J connectivity index is 1.69. The van der Waals surface area contributed by atoms with Crippen molar-refractivity contribution in [2.75, 3.05) is 0 Å². The Morgan fingerprint density at radius 3 is 2.29 bits per heavy atom. The van der Waals surface area contributed by atoms with Crippen LogP contribution in [-0.4, -0.2) is 21.8 Å². The number of aromatic nitrogens is 2. The minimum Gasteiger partial charge on any atom is -0.352 e. The quantitative estimate of drug-likeness (QED) is 0.768. The van der Waals surface area contributed by atoms with E-state index in [1.165, 1.54) is 0 Å². The molecule has 0 aromatic carbocycles. The molecule has 21 heavy (non-hydrogen) atoms. The van der Waals surface area contributed by atoms with E-state index in [2.05, 4.69) is 20.6 Å². The molecule has 0 aliphatic heterocycles. The Bertz CT molecular complexity index is 534. The van der Waals surface area contributed by atoms with Gasteiger partial charge in [-0.25, -0.2) is 0 Å². The normalized spacial score (nSPS) is 9.90. The van der Waals surface area contributed by atoms with Crippen LogP contribution in [0.4, 0.5) is 0 Å². The first-order valence-electron chi connectivity index (χ1n) is 6.56. The van der Waals surface area contributed by atoms with E-state index in [0.29, 0.717) is 13.1 Å². The number of amides is 2. The number of nitrogens with one attached hydrogen (secondary N) is 2. The Labute approximate surface area is 122 Å². The van der Waals surface area contributed by atoms with Crippen LogP contribution in [0.25, 0.3) is 0 Å². The van der Waals surface area contributed by atoms with Crippen LogP contribution in [0.3, 0.4) is 0 Å². The summed E-state index contributed by atoms with van der Waals surface area (Å²) in [6, 6.07) is 9.07. The molecule has 0 aliphatic carbocycles. The third kappa shape index (κ3) is 5.40. The van der Waals surface area contributed by atoms with Gasteiger partial charge in [-0.1, -0.05) is 6.07 Å². The second-order valence-electron chi connectivity index (χ2n) is 4.41. The minimum atomic E-state index is -0.326. The maximum Gasteiger partial charge on any atom is 0.229 e. The first-order chi connectivity index (χ1) is 10.2. The van der Waals surface area contributed by atoms with Crippen LogP contribution in [0.1, 0.15) is 17.7 Å². The largest absolute Gasteiger partial charge is 0.352 e. The highest BCUT2D eigenvalue weighted by Gasteiger charge is 2.08. The number of nitrogens with zero attached hydrogens (tertiary/aromatic N) is 2. The van der Waals surface area contributed by atoms with E-state index in [0.717, 1.165) is 11.3 Å². The van der Waals surface area contributed by atoms with Gasteiger partial charge < -0.3 is 10.6 Å². The molecular formula is C15H16N4O2. The molecular weight excluding hydrogens is 268 g/mol. The van der Waals surface area contributed by atoms with Gasteiger partial charge in [-0.3, -0.25) is 19.6 Å². The van der Waals surface area contributed by atoms with Crippen LogP contribution in [0.15, 0.2) is 48.9 Å². The van der Waals surface area contributed by atoms with Crippen molar-refractivity contribution in [2.24, 2.45) is 0 Å². The molecule has 6 heteroatoms. The summed E-state index contributed by atoms with van der Waals surface area (Å²) in [5.74, 6) is -0.641. The zero-order chi connectivity index (χ0) is 14.9. The molecule has 0 unspecified atom stereocenters. The molecule has 108 valence electrons. The number of hydrogen-bond acceptors (Lipinski definition) is 4. The van der Waals surface area contributed by atoms with Crippen LogP contribution in [0, 0.1) is 0 Å². The zero-order valence-corrected chi connectivity index (χ0v) is 11.5. The summed E-state index contributed by atoms with van der Waals surface area (Å²) in [6.45, 7) is 0.701. The SMILES string of the molecule is O=C(CC(=O)NCc1ccccn1)NCc1ccncc1. The highest BCUT2D eigenvalue weighted by Crippen LogP contribution is 1.96. The number of carbonyl (C=O) groups excluding carboxylic acids is 2. The lowest BCUT2D eigenvalue weighted by atomic mass is 10.2. The summed E-state index contributed by atoms with van der Waals surface area (Å²) in [6.07, 6.45) is 4.77. The minimum absolute atomic E-state index is 0.197. The van der Waals surface area contributed by atoms with E-state index in [1.807, 2.05) is 12.1 Å². The van der Waals surface area contributed by atoms with Gasteiger partial charge >= 0.3 is 0 Å². The van der Waals surface area contributed by atoms with Crippen LogP contribution >= 0.6 is 0 Å². The van der Waals surface area contributed by atoms with Crippen LogP contribution in [0.5, 0.6) is 0 Å². The lowest BCUT2D eigenvalue weighted by Gasteiger charge is -2.06. The third-order valence-corrected chi connectivity index (χ3v) is 2.75. The van der Waals surface area contributed by atoms with Crippen molar-refractivity contribution in [3.8, 4) is 0 Å². The third-order valence-electron chi connectivity index (χ3n) is 2.75. The molecule has 0 aliphatic rings. The number of pyridine rings is 2. The van der Waals surface area contributed by atoms with Gasteiger partial charge in [0.15, 0.2) is 0 Å². The van der Waals surface area contributed by atoms with E-state index < -0.39 is 0 Å². The molecule has 2 aromatic heterocycles. The standard InChI is InChI=1S/C15H16N4O2/c20-14(18-10-12-4-7-16-8-5-12)9-15(21)19-11-13-3-1-2-6-17-13/h1-8H,9-11H2,(H,18,20)(H,19,21). The maximum atomic E-state index is 11.6. The molecule has 0 spiro atoms. The smallest absolute Gasteiger partial charge is 0.229 e. The molecule has 0 bridgehead atoms. The molecule has 0 saturated carbocycles. The van der Waals surface area contributed by atoms with Crippen molar-refractivity contribution in [1.29, 1.82) is 0 Å². The van der Waals surface area contributed by atoms with Crippen molar-refractivity contribution < 1.29 is 9.59 Å². The highest BCUT2D eigenvalue weighted by atomic mass is 16.2. The summed E-state index contributed by atoms with van der Waals surface area (Å²) < 4.78 is 0. The van der Waals surface area contributed by atoms with Gasteiger partial charge in [0.25, 0.3) is 0 Å². The fourth-order valence-electron chi connectivity index (χ4n) is 1.66. The number of hydrogen-bond donors (Lipinski definition) is 2. The average Bonchev–Trinajstić information content (AvgIpc) is 2.53. The van der Waals surface area contributed by atoms with Crippen molar-refractivity contribution in [3.63, 3.8) is 0 Å². The number of carbonyl (C=O) groups is 2. The Kier molecular flexibility index (Phi) is 5.40. The number of rotatable bonds is 6. The summed E-state index contributed by atoms with van der Waals surface area (Å²) in [5, 5.41) is 5.34. The van der Waals surface area contributed by atoms with Gasteiger partial charge in [0.1, 0.15) is 6.42 Å². The van der Waals surface area contributed by atoms with Gasteiger partial charge in [-0.15, -0.1) is 0 Å². The van der Waals surface area contributed by atoms with Crippen molar-refractivity contribution in [2.45, 2.75) is 19.5 Å². The summed E-state index contributed by atoms with van der Waals surface area (Å²) in [5.41, 5.74) is 1.69. The first kappa shape index (κ1) is 14.6. The molecule has 0 radical (unpaired) electrons. The van der Waals surface area contributed by atoms with Gasteiger partial charge in [-0.2, -0.15) is 0 Å². The van der Waals surface area contributed by atoms with E-state index in [4.69, 9.17) is 0 Å². The van der Waals surface area contributed by atoms with E-state index in [9.17, 15) is 9.59 Å². The molecule has 2 aromatic rings.